The van der Waals surface area contributed by atoms with E-state index >= 15 is 0 Å². The fourth-order valence-electron chi connectivity index (χ4n) is 1.40. The number of aromatic nitrogens is 2. The Morgan fingerprint density at radius 2 is 2.46 bits per heavy atom. The zero-order chi connectivity index (χ0) is 9.10. The molecule has 1 aromatic rings. The van der Waals surface area contributed by atoms with Crippen LogP contribution in [0.25, 0.3) is 0 Å². The fourth-order valence-corrected chi connectivity index (χ4v) is 2.49. The van der Waals surface area contributed by atoms with Crippen molar-refractivity contribution in [3.8, 4) is 0 Å². The summed E-state index contributed by atoms with van der Waals surface area (Å²) < 4.78 is 0. The first-order chi connectivity index (χ1) is 6.34. The van der Waals surface area contributed by atoms with E-state index in [1.165, 1.54) is 0 Å². The first kappa shape index (κ1) is 8.69. The van der Waals surface area contributed by atoms with Gasteiger partial charge in [-0.25, -0.2) is 9.97 Å². The summed E-state index contributed by atoms with van der Waals surface area (Å²) >= 11 is 1.68. The van der Waals surface area contributed by atoms with Crippen molar-refractivity contribution in [2.45, 2.75) is 29.5 Å². The molecule has 0 saturated heterocycles. The van der Waals surface area contributed by atoms with E-state index in [2.05, 4.69) is 9.97 Å². The van der Waals surface area contributed by atoms with Crippen LogP contribution in [0.5, 0.6) is 0 Å². The first-order valence-corrected chi connectivity index (χ1v) is 5.17. The summed E-state index contributed by atoms with van der Waals surface area (Å²) in [6.45, 7) is 0. The molecule has 1 aromatic heterocycles. The van der Waals surface area contributed by atoms with E-state index in [0.717, 1.165) is 17.9 Å². The molecule has 4 heteroatoms. The molecule has 13 heavy (non-hydrogen) atoms. The molecule has 1 aliphatic rings. The maximum atomic E-state index is 11.0. The van der Waals surface area contributed by atoms with Crippen molar-refractivity contribution in [1.29, 1.82) is 0 Å². The normalized spacial score (nSPS) is 22.2. The van der Waals surface area contributed by atoms with Gasteiger partial charge < -0.3 is 0 Å². The van der Waals surface area contributed by atoms with E-state index in [1.807, 2.05) is 6.07 Å². The fraction of sp³-hybridized carbons (Fsp3) is 0.444. The van der Waals surface area contributed by atoms with Gasteiger partial charge >= 0.3 is 0 Å². The number of carbonyl (C=O) groups is 1. The summed E-state index contributed by atoms with van der Waals surface area (Å²) in [4.78, 5) is 18.9. The van der Waals surface area contributed by atoms with Crippen LogP contribution in [0, 0.1) is 0 Å². The third kappa shape index (κ3) is 2.28. The highest BCUT2D eigenvalue weighted by molar-refractivity contribution is 7.99. The second-order valence-corrected chi connectivity index (χ2v) is 4.39. The molecule has 1 fully saturated rings. The Kier molecular flexibility index (Phi) is 2.59. The van der Waals surface area contributed by atoms with Crippen LogP contribution in [0.3, 0.4) is 0 Å². The number of hydrogen-bond acceptors (Lipinski definition) is 4. The van der Waals surface area contributed by atoms with Crippen molar-refractivity contribution >= 4 is 17.5 Å². The Morgan fingerprint density at radius 1 is 1.54 bits per heavy atom. The van der Waals surface area contributed by atoms with Gasteiger partial charge in [-0.1, -0.05) is 0 Å². The summed E-state index contributed by atoms with van der Waals surface area (Å²) in [5.74, 6) is 0.381. The Labute approximate surface area is 81.0 Å². The number of rotatable bonds is 2. The second kappa shape index (κ2) is 3.87. The zero-order valence-corrected chi connectivity index (χ0v) is 7.96. The lowest BCUT2D eigenvalue weighted by Crippen LogP contribution is -1.96. The van der Waals surface area contributed by atoms with E-state index in [9.17, 15) is 4.79 Å². The quantitative estimate of drug-likeness (QED) is 0.672. The molecular weight excluding hydrogens is 184 g/mol. The van der Waals surface area contributed by atoms with Crippen molar-refractivity contribution < 1.29 is 4.79 Å². The van der Waals surface area contributed by atoms with Gasteiger partial charge in [0.15, 0.2) is 0 Å². The molecular formula is C9H10N2OS. The van der Waals surface area contributed by atoms with E-state index in [4.69, 9.17) is 0 Å². The highest BCUT2D eigenvalue weighted by atomic mass is 32.2. The lowest BCUT2D eigenvalue weighted by atomic mass is 10.4. The van der Waals surface area contributed by atoms with Gasteiger partial charge in [0.1, 0.15) is 12.1 Å². The minimum atomic E-state index is 0.381. The largest absolute Gasteiger partial charge is 0.300 e. The zero-order valence-electron chi connectivity index (χ0n) is 7.14. The van der Waals surface area contributed by atoms with Crippen LogP contribution in [0.4, 0.5) is 0 Å². The molecule has 68 valence electrons. The molecule has 0 aromatic carbocycles. The SMILES string of the molecule is O=C1CCC(Sc2ccncn2)C1. The van der Waals surface area contributed by atoms with Crippen LogP contribution in [0.1, 0.15) is 19.3 Å². The molecule has 0 radical (unpaired) electrons. The van der Waals surface area contributed by atoms with Gasteiger partial charge in [-0.15, -0.1) is 11.8 Å². The van der Waals surface area contributed by atoms with Crippen molar-refractivity contribution in [2.24, 2.45) is 0 Å². The van der Waals surface area contributed by atoms with E-state index in [1.54, 1.807) is 24.3 Å². The van der Waals surface area contributed by atoms with Gasteiger partial charge in [0.25, 0.3) is 0 Å². The molecule has 2 rings (SSSR count). The van der Waals surface area contributed by atoms with Crippen LogP contribution < -0.4 is 0 Å². The highest BCUT2D eigenvalue weighted by Gasteiger charge is 2.22. The Morgan fingerprint density at radius 3 is 3.08 bits per heavy atom. The summed E-state index contributed by atoms with van der Waals surface area (Å²) in [5, 5.41) is 1.40. The lowest BCUT2D eigenvalue weighted by Gasteiger charge is -2.05. The number of carbonyl (C=O) groups excluding carboxylic acids is 1. The molecule has 0 aliphatic heterocycles. The predicted octanol–water partition coefficient (Wildman–Crippen LogP) is 1.69. The molecule has 0 N–H and O–H groups in total. The van der Waals surface area contributed by atoms with Gasteiger partial charge in [0.05, 0.1) is 5.03 Å². The monoisotopic (exact) mass is 194 g/mol. The van der Waals surface area contributed by atoms with E-state index < -0.39 is 0 Å². The Hall–Kier alpha value is -0.900. The molecule has 1 saturated carbocycles. The van der Waals surface area contributed by atoms with E-state index in [0.29, 0.717) is 17.5 Å². The standard InChI is InChI=1S/C9H10N2OS/c12-7-1-2-8(5-7)13-9-3-4-10-6-11-9/h3-4,6,8H,1-2,5H2. The minimum Gasteiger partial charge on any atom is -0.300 e. The van der Waals surface area contributed by atoms with Crippen molar-refractivity contribution in [3.63, 3.8) is 0 Å². The molecule has 1 atom stereocenters. The summed E-state index contributed by atoms with van der Waals surface area (Å²) in [7, 11) is 0. The predicted molar refractivity (Wildman–Crippen MR) is 50.5 cm³/mol. The average molecular weight is 194 g/mol. The molecule has 1 aliphatic carbocycles. The van der Waals surface area contributed by atoms with Crippen molar-refractivity contribution in [3.05, 3.63) is 18.6 Å². The summed E-state index contributed by atoms with van der Waals surface area (Å²) in [6.07, 6.45) is 5.70. The van der Waals surface area contributed by atoms with Gasteiger partial charge in [-0.3, -0.25) is 4.79 Å². The third-order valence-electron chi connectivity index (χ3n) is 2.04. The van der Waals surface area contributed by atoms with Gasteiger partial charge in [-0.2, -0.15) is 0 Å². The molecule has 0 amide bonds. The van der Waals surface area contributed by atoms with Crippen LogP contribution in [0.2, 0.25) is 0 Å². The molecule has 3 nitrogen and oxygen atoms in total. The smallest absolute Gasteiger partial charge is 0.134 e. The van der Waals surface area contributed by atoms with Gasteiger partial charge in [-0.05, 0) is 12.5 Å². The lowest BCUT2D eigenvalue weighted by molar-refractivity contribution is -0.117. The number of hydrogen-bond donors (Lipinski definition) is 0. The van der Waals surface area contributed by atoms with Crippen LogP contribution in [-0.2, 0) is 4.79 Å². The first-order valence-electron chi connectivity index (χ1n) is 4.29. The molecule has 0 bridgehead atoms. The summed E-state index contributed by atoms with van der Waals surface area (Å²) in [5.41, 5.74) is 0. The van der Waals surface area contributed by atoms with Gasteiger partial charge in [0.2, 0.25) is 0 Å². The molecule has 0 spiro atoms. The average Bonchev–Trinajstić information content (AvgIpc) is 2.53. The highest BCUT2D eigenvalue weighted by Crippen LogP contribution is 2.31. The summed E-state index contributed by atoms with van der Waals surface area (Å²) in [6, 6.07) is 1.88. The van der Waals surface area contributed by atoms with Crippen LogP contribution in [0.15, 0.2) is 23.6 Å². The third-order valence-corrected chi connectivity index (χ3v) is 3.26. The number of Topliss-reactive ketones (excluding diaryl/α,β-unsaturated/α-hetero) is 1. The van der Waals surface area contributed by atoms with Crippen molar-refractivity contribution in [1.82, 2.24) is 9.97 Å². The van der Waals surface area contributed by atoms with Gasteiger partial charge in [0, 0.05) is 24.3 Å². The van der Waals surface area contributed by atoms with E-state index in [-0.39, 0.29) is 0 Å². The topological polar surface area (TPSA) is 42.9 Å². The maximum Gasteiger partial charge on any atom is 0.134 e. The van der Waals surface area contributed by atoms with Crippen LogP contribution in [-0.4, -0.2) is 21.0 Å². The Balaban J connectivity index is 1.96. The molecule has 1 heterocycles. The number of ketones is 1. The van der Waals surface area contributed by atoms with Crippen LogP contribution >= 0.6 is 11.8 Å². The minimum absolute atomic E-state index is 0.381. The number of thioether (sulfide) groups is 1. The number of nitrogens with zero attached hydrogens (tertiary/aromatic N) is 2. The maximum absolute atomic E-state index is 11.0. The second-order valence-electron chi connectivity index (χ2n) is 3.07. The Bertz CT molecular complexity index is 302. The molecule has 1 unspecified atom stereocenters. The van der Waals surface area contributed by atoms with Crippen molar-refractivity contribution in [2.75, 3.05) is 0 Å².